The lowest BCUT2D eigenvalue weighted by atomic mass is 10.0. The molecule has 0 heterocycles. The van der Waals surface area contributed by atoms with E-state index in [0.29, 0.717) is 12.1 Å². The molecule has 1 N–H and O–H groups in total. The molecule has 0 radical (unpaired) electrons. The van der Waals surface area contributed by atoms with Crippen molar-refractivity contribution >= 4 is 15.9 Å². The van der Waals surface area contributed by atoms with Gasteiger partial charge in [0.25, 0.3) is 0 Å². The standard InChI is InChI=1S/C17H18BrN/c1-12(13-5-3-2-4-6-13)19-17-10-7-14-11-15(18)8-9-16(14)17/h2-6,8-9,11-12,17,19H,7,10H2,1H3/t12-,17?/m1/s1. The van der Waals surface area contributed by atoms with Gasteiger partial charge in [-0.3, -0.25) is 0 Å². The van der Waals surface area contributed by atoms with Gasteiger partial charge in [0.15, 0.2) is 0 Å². The van der Waals surface area contributed by atoms with Gasteiger partial charge in [-0.2, -0.15) is 0 Å². The van der Waals surface area contributed by atoms with Gasteiger partial charge in [-0.25, -0.2) is 0 Å². The second kappa shape index (κ2) is 5.48. The largest absolute Gasteiger partial charge is 0.303 e. The van der Waals surface area contributed by atoms with Crippen molar-refractivity contribution < 1.29 is 0 Å². The molecule has 98 valence electrons. The molecule has 0 amide bonds. The topological polar surface area (TPSA) is 12.0 Å². The van der Waals surface area contributed by atoms with E-state index in [4.69, 9.17) is 0 Å². The van der Waals surface area contributed by atoms with Crippen LogP contribution in [0.25, 0.3) is 0 Å². The minimum absolute atomic E-state index is 0.390. The Morgan fingerprint density at radius 3 is 2.74 bits per heavy atom. The van der Waals surface area contributed by atoms with Crippen molar-refractivity contribution in [2.45, 2.75) is 31.8 Å². The molecule has 2 aromatic carbocycles. The molecular formula is C17H18BrN. The Bertz CT molecular complexity index is 565. The zero-order valence-corrected chi connectivity index (χ0v) is 12.7. The van der Waals surface area contributed by atoms with E-state index in [9.17, 15) is 0 Å². The molecule has 3 rings (SSSR count). The summed E-state index contributed by atoms with van der Waals surface area (Å²) >= 11 is 3.55. The summed E-state index contributed by atoms with van der Waals surface area (Å²) in [5.74, 6) is 0. The third-order valence-electron chi connectivity index (χ3n) is 3.93. The Balaban J connectivity index is 1.76. The second-order valence-corrected chi connectivity index (χ2v) is 6.15. The first-order valence-electron chi connectivity index (χ1n) is 6.83. The number of fused-ring (bicyclic) bond motifs is 1. The summed E-state index contributed by atoms with van der Waals surface area (Å²) in [6, 6.07) is 18.2. The Hall–Kier alpha value is -1.12. The van der Waals surface area contributed by atoms with Crippen molar-refractivity contribution in [3.8, 4) is 0 Å². The predicted molar refractivity (Wildman–Crippen MR) is 83.2 cm³/mol. The lowest BCUT2D eigenvalue weighted by molar-refractivity contribution is 0.465. The van der Waals surface area contributed by atoms with E-state index in [2.05, 4.69) is 76.7 Å². The molecular weight excluding hydrogens is 298 g/mol. The minimum Gasteiger partial charge on any atom is -0.303 e. The monoisotopic (exact) mass is 315 g/mol. The van der Waals surface area contributed by atoms with Crippen LogP contribution in [-0.2, 0) is 6.42 Å². The highest BCUT2D eigenvalue weighted by Gasteiger charge is 2.23. The molecule has 0 fully saturated rings. The van der Waals surface area contributed by atoms with E-state index in [0.717, 1.165) is 0 Å². The molecule has 19 heavy (non-hydrogen) atoms. The van der Waals surface area contributed by atoms with Gasteiger partial charge in [-0.05, 0) is 48.6 Å². The zero-order valence-electron chi connectivity index (χ0n) is 11.1. The molecule has 2 aromatic rings. The number of aryl methyl sites for hydroxylation is 1. The minimum atomic E-state index is 0.390. The van der Waals surface area contributed by atoms with Crippen LogP contribution >= 0.6 is 15.9 Å². The quantitative estimate of drug-likeness (QED) is 0.859. The summed E-state index contributed by atoms with van der Waals surface area (Å²) in [5.41, 5.74) is 4.30. The first kappa shape index (κ1) is 12.9. The van der Waals surface area contributed by atoms with Crippen LogP contribution in [0.4, 0.5) is 0 Å². The van der Waals surface area contributed by atoms with Gasteiger partial charge in [0.05, 0.1) is 0 Å². The van der Waals surface area contributed by atoms with E-state index in [1.807, 2.05) is 0 Å². The van der Waals surface area contributed by atoms with E-state index in [-0.39, 0.29) is 0 Å². The summed E-state index contributed by atoms with van der Waals surface area (Å²) < 4.78 is 1.18. The molecule has 1 aliphatic carbocycles. The van der Waals surface area contributed by atoms with Crippen LogP contribution < -0.4 is 5.32 Å². The average Bonchev–Trinajstić information content (AvgIpc) is 2.82. The maximum absolute atomic E-state index is 3.76. The first-order chi connectivity index (χ1) is 9.24. The number of hydrogen-bond acceptors (Lipinski definition) is 1. The van der Waals surface area contributed by atoms with Crippen molar-refractivity contribution in [2.75, 3.05) is 0 Å². The molecule has 0 saturated heterocycles. The number of benzene rings is 2. The Labute approximate surface area is 123 Å². The maximum Gasteiger partial charge on any atom is 0.0331 e. The van der Waals surface area contributed by atoms with Crippen LogP contribution in [0.5, 0.6) is 0 Å². The fourth-order valence-corrected chi connectivity index (χ4v) is 3.31. The third-order valence-corrected chi connectivity index (χ3v) is 4.43. The van der Waals surface area contributed by atoms with Crippen LogP contribution in [0, 0.1) is 0 Å². The summed E-state index contributed by atoms with van der Waals surface area (Å²) in [4.78, 5) is 0. The molecule has 0 saturated carbocycles. The van der Waals surface area contributed by atoms with Crippen molar-refractivity contribution in [2.24, 2.45) is 0 Å². The molecule has 2 atom stereocenters. The van der Waals surface area contributed by atoms with Gasteiger partial charge in [-0.15, -0.1) is 0 Å². The molecule has 0 spiro atoms. The smallest absolute Gasteiger partial charge is 0.0331 e. The van der Waals surface area contributed by atoms with Crippen LogP contribution in [0.15, 0.2) is 53.0 Å². The highest BCUT2D eigenvalue weighted by atomic mass is 79.9. The van der Waals surface area contributed by atoms with E-state index in [1.54, 1.807) is 0 Å². The van der Waals surface area contributed by atoms with Crippen LogP contribution in [0.3, 0.4) is 0 Å². The number of hydrogen-bond donors (Lipinski definition) is 1. The highest BCUT2D eigenvalue weighted by molar-refractivity contribution is 9.10. The fourth-order valence-electron chi connectivity index (χ4n) is 2.90. The van der Waals surface area contributed by atoms with Crippen molar-refractivity contribution in [3.05, 3.63) is 69.7 Å². The third kappa shape index (κ3) is 2.75. The maximum atomic E-state index is 3.76. The molecule has 0 bridgehead atoms. The van der Waals surface area contributed by atoms with Crippen LogP contribution in [0.1, 0.15) is 42.1 Å². The van der Waals surface area contributed by atoms with Gasteiger partial charge >= 0.3 is 0 Å². The highest BCUT2D eigenvalue weighted by Crippen LogP contribution is 2.34. The molecule has 1 nitrogen and oxygen atoms in total. The Morgan fingerprint density at radius 2 is 1.95 bits per heavy atom. The Kier molecular flexibility index (Phi) is 3.72. The van der Waals surface area contributed by atoms with Gasteiger partial charge in [-0.1, -0.05) is 52.3 Å². The van der Waals surface area contributed by atoms with E-state index < -0.39 is 0 Å². The predicted octanol–water partition coefficient (Wildman–Crippen LogP) is 4.79. The molecule has 1 aliphatic rings. The lowest BCUT2D eigenvalue weighted by Gasteiger charge is -2.20. The van der Waals surface area contributed by atoms with Gasteiger partial charge in [0, 0.05) is 16.6 Å². The average molecular weight is 316 g/mol. The zero-order chi connectivity index (χ0) is 13.2. The fraction of sp³-hybridized carbons (Fsp3) is 0.294. The van der Waals surface area contributed by atoms with Gasteiger partial charge in [0.1, 0.15) is 0 Å². The van der Waals surface area contributed by atoms with Crippen LogP contribution in [-0.4, -0.2) is 0 Å². The lowest BCUT2D eigenvalue weighted by Crippen LogP contribution is -2.22. The summed E-state index contributed by atoms with van der Waals surface area (Å²) in [6.07, 6.45) is 2.37. The van der Waals surface area contributed by atoms with Crippen molar-refractivity contribution in [1.29, 1.82) is 0 Å². The van der Waals surface area contributed by atoms with E-state index >= 15 is 0 Å². The normalized spacial score (nSPS) is 19.2. The van der Waals surface area contributed by atoms with E-state index in [1.165, 1.54) is 34.0 Å². The molecule has 0 aromatic heterocycles. The summed E-state index contributed by atoms with van der Waals surface area (Å²) in [6.45, 7) is 2.24. The van der Waals surface area contributed by atoms with Gasteiger partial charge < -0.3 is 5.32 Å². The van der Waals surface area contributed by atoms with Crippen molar-refractivity contribution in [3.63, 3.8) is 0 Å². The Morgan fingerprint density at radius 1 is 1.16 bits per heavy atom. The molecule has 0 aliphatic heterocycles. The first-order valence-corrected chi connectivity index (χ1v) is 7.62. The van der Waals surface area contributed by atoms with Crippen molar-refractivity contribution in [1.82, 2.24) is 5.32 Å². The molecule has 1 unspecified atom stereocenters. The second-order valence-electron chi connectivity index (χ2n) is 5.23. The van der Waals surface area contributed by atoms with Crippen LogP contribution in [0.2, 0.25) is 0 Å². The number of halogens is 1. The van der Waals surface area contributed by atoms with Gasteiger partial charge in [0.2, 0.25) is 0 Å². The SMILES string of the molecule is C[C@@H](NC1CCc2cc(Br)ccc21)c1ccccc1. The molecule has 2 heteroatoms. The number of rotatable bonds is 3. The summed E-state index contributed by atoms with van der Waals surface area (Å²) in [7, 11) is 0. The number of nitrogens with one attached hydrogen (secondary N) is 1. The summed E-state index contributed by atoms with van der Waals surface area (Å²) in [5, 5.41) is 3.76.